The number of hydrogen-bond acceptors (Lipinski definition) is 2. The van der Waals surface area contributed by atoms with Crippen molar-refractivity contribution in [1.82, 2.24) is 25.2 Å². The largest absolute Gasteiger partial charge is 0.361 e. The zero-order valence-electron chi connectivity index (χ0n) is 18.0. The number of aromatic amines is 1. The molecule has 4 aromatic rings. The summed E-state index contributed by atoms with van der Waals surface area (Å²) < 4.78 is 15.4. The molecule has 0 atom stereocenters. The summed E-state index contributed by atoms with van der Waals surface area (Å²) in [6.07, 6.45) is 8.33. The van der Waals surface area contributed by atoms with Crippen LogP contribution in [0.4, 0.5) is 4.39 Å². The molecule has 0 aliphatic heterocycles. The lowest BCUT2D eigenvalue weighted by Crippen LogP contribution is -2.38. The van der Waals surface area contributed by atoms with Crippen LogP contribution >= 0.6 is 24.0 Å². The van der Waals surface area contributed by atoms with Gasteiger partial charge in [0.05, 0.1) is 12.9 Å². The van der Waals surface area contributed by atoms with Crippen LogP contribution < -0.4 is 10.6 Å². The second-order valence-electron chi connectivity index (χ2n) is 7.43. The van der Waals surface area contributed by atoms with Gasteiger partial charge in [-0.3, -0.25) is 0 Å². The molecule has 3 N–H and O–H groups in total. The Bertz CT molecular complexity index is 1150. The fraction of sp³-hybridized carbons (Fsp3) is 0.250. The van der Waals surface area contributed by atoms with Gasteiger partial charge in [0.25, 0.3) is 0 Å². The van der Waals surface area contributed by atoms with Crippen molar-refractivity contribution in [3.05, 3.63) is 89.9 Å². The SMILES string of the molecule is CCNC(=NCc1cccc(Cn2ccnc2)c1)NCCc1c[nH]c2cc(F)ccc12.I. The molecule has 0 bridgehead atoms. The summed E-state index contributed by atoms with van der Waals surface area (Å²) in [4.78, 5) is 12.0. The summed E-state index contributed by atoms with van der Waals surface area (Å²) >= 11 is 0. The van der Waals surface area contributed by atoms with Crippen molar-refractivity contribution >= 4 is 40.8 Å². The number of nitrogens with zero attached hydrogens (tertiary/aromatic N) is 3. The molecule has 2 aromatic carbocycles. The number of aliphatic imine (C=N–C) groups is 1. The lowest BCUT2D eigenvalue weighted by molar-refractivity contribution is 0.629. The molecular weight excluding hydrogens is 518 g/mol. The van der Waals surface area contributed by atoms with E-state index in [0.29, 0.717) is 6.54 Å². The minimum absolute atomic E-state index is 0. The molecule has 0 aliphatic carbocycles. The minimum Gasteiger partial charge on any atom is -0.361 e. The van der Waals surface area contributed by atoms with Gasteiger partial charge in [0.2, 0.25) is 0 Å². The van der Waals surface area contributed by atoms with Crippen LogP contribution in [0, 0.1) is 5.82 Å². The molecule has 8 heteroatoms. The average Bonchev–Trinajstić information content (AvgIpc) is 3.42. The summed E-state index contributed by atoms with van der Waals surface area (Å²) in [5, 5.41) is 7.75. The quantitative estimate of drug-likeness (QED) is 0.174. The molecule has 4 rings (SSSR count). The zero-order chi connectivity index (χ0) is 21.5. The van der Waals surface area contributed by atoms with E-state index in [9.17, 15) is 4.39 Å². The van der Waals surface area contributed by atoms with Crippen molar-refractivity contribution in [3.63, 3.8) is 0 Å². The highest BCUT2D eigenvalue weighted by molar-refractivity contribution is 14.0. The number of imidazole rings is 1. The van der Waals surface area contributed by atoms with Crippen molar-refractivity contribution in [1.29, 1.82) is 0 Å². The Morgan fingerprint density at radius 1 is 1.16 bits per heavy atom. The minimum atomic E-state index is -0.227. The number of fused-ring (bicyclic) bond motifs is 1. The third-order valence-corrected chi connectivity index (χ3v) is 5.10. The average molecular weight is 546 g/mol. The maximum atomic E-state index is 13.4. The van der Waals surface area contributed by atoms with Crippen molar-refractivity contribution in [2.75, 3.05) is 13.1 Å². The number of hydrogen-bond donors (Lipinski definition) is 3. The van der Waals surface area contributed by atoms with Gasteiger partial charge in [0.1, 0.15) is 5.82 Å². The third-order valence-electron chi connectivity index (χ3n) is 5.10. The number of halogens is 2. The van der Waals surface area contributed by atoms with Gasteiger partial charge >= 0.3 is 0 Å². The van der Waals surface area contributed by atoms with Crippen molar-refractivity contribution in [2.45, 2.75) is 26.4 Å². The second-order valence-corrected chi connectivity index (χ2v) is 7.43. The van der Waals surface area contributed by atoms with Crippen LogP contribution in [0.2, 0.25) is 0 Å². The van der Waals surface area contributed by atoms with Crippen LogP contribution in [0.15, 0.2) is 72.4 Å². The van der Waals surface area contributed by atoms with Crippen LogP contribution in [0.5, 0.6) is 0 Å². The number of H-pyrrole nitrogens is 1. The predicted molar refractivity (Wildman–Crippen MR) is 138 cm³/mol. The molecule has 0 aliphatic rings. The summed E-state index contributed by atoms with van der Waals surface area (Å²) in [5.74, 6) is 0.558. The van der Waals surface area contributed by atoms with E-state index in [1.165, 1.54) is 17.7 Å². The van der Waals surface area contributed by atoms with Gasteiger partial charge < -0.3 is 20.2 Å². The van der Waals surface area contributed by atoms with E-state index in [1.54, 1.807) is 6.20 Å². The van der Waals surface area contributed by atoms with E-state index in [0.717, 1.165) is 54.0 Å². The Labute approximate surface area is 204 Å². The first-order valence-electron chi connectivity index (χ1n) is 10.5. The van der Waals surface area contributed by atoms with Crippen LogP contribution in [0.3, 0.4) is 0 Å². The van der Waals surface area contributed by atoms with Gasteiger partial charge in [0, 0.05) is 49.1 Å². The molecule has 0 saturated heterocycles. The Morgan fingerprint density at radius 3 is 2.84 bits per heavy atom. The van der Waals surface area contributed by atoms with E-state index in [-0.39, 0.29) is 29.8 Å². The monoisotopic (exact) mass is 546 g/mol. The third kappa shape index (κ3) is 6.32. The number of benzene rings is 2. The molecule has 0 unspecified atom stereocenters. The van der Waals surface area contributed by atoms with Gasteiger partial charge in [-0.15, -0.1) is 24.0 Å². The van der Waals surface area contributed by atoms with E-state index < -0.39 is 0 Å². The predicted octanol–water partition coefficient (Wildman–Crippen LogP) is 4.47. The van der Waals surface area contributed by atoms with Gasteiger partial charge in [-0.05, 0) is 48.2 Å². The van der Waals surface area contributed by atoms with Gasteiger partial charge in [-0.1, -0.05) is 24.3 Å². The first-order valence-corrected chi connectivity index (χ1v) is 10.5. The number of nitrogens with one attached hydrogen (secondary N) is 3. The molecular formula is C24H28FIN6. The fourth-order valence-electron chi connectivity index (χ4n) is 3.61. The highest BCUT2D eigenvalue weighted by Crippen LogP contribution is 2.19. The van der Waals surface area contributed by atoms with Crippen LogP contribution in [-0.4, -0.2) is 33.6 Å². The zero-order valence-corrected chi connectivity index (χ0v) is 20.3. The summed E-state index contributed by atoms with van der Waals surface area (Å²) in [6, 6.07) is 13.3. The summed E-state index contributed by atoms with van der Waals surface area (Å²) in [7, 11) is 0. The maximum absolute atomic E-state index is 13.4. The smallest absolute Gasteiger partial charge is 0.191 e. The molecule has 6 nitrogen and oxygen atoms in total. The first kappa shape index (κ1) is 23.8. The van der Waals surface area contributed by atoms with E-state index in [1.807, 2.05) is 29.4 Å². The highest BCUT2D eigenvalue weighted by atomic mass is 127. The molecule has 168 valence electrons. The van der Waals surface area contributed by atoms with Gasteiger partial charge in [0.15, 0.2) is 5.96 Å². The number of rotatable bonds is 8. The van der Waals surface area contributed by atoms with Gasteiger partial charge in [-0.25, -0.2) is 14.4 Å². The molecule has 0 saturated carbocycles. The Balaban J connectivity index is 0.00000289. The molecule has 32 heavy (non-hydrogen) atoms. The second kappa shape index (κ2) is 11.7. The van der Waals surface area contributed by atoms with Crippen LogP contribution in [-0.2, 0) is 19.5 Å². The Hall–Kier alpha value is -2.88. The fourth-order valence-corrected chi connectivity index (χ4v) is 3.61. The Morgan fingerprint density at radius 2 is 2.03 bits per heavy atom. The lowest BCUT2D eigenvalue weighted by Gasteiger charge is -2.11. The van der Waals surface area contributed by atoms with Crippen LogP contribution in [0.25, 0.3) is 10.9 Å². The topological polar surface area (TPSA) is 70.0 Å². The summed E-state index contributed by atoms with van der Waals surface area (Å²) in [5.41, 5.74) is 4.37. The number of guanidine groups is 1. The molecule has 0 amide bonds. The first-order chi connectivity index (χ1) is 15.2. The standard InChI is InChI=1S/C24H27FN6.HI/c1-2-27-24(28-9-8-20-15-29-23-13-21(25)6-7-22(20)23)30-14-18-4-3-5-19(12-18)16-31-11-10-26-17-31;/h3-7,10-13,15,17,29H,2,8-9,14,16H2,1H3,(H2,27,28,30);1H. The van der Waals surface area contributed by atoms with E-state index in [2.05, 4.69) is 51.8 Å². The molecule has 0 radical (unpaired) electrons. The maximum Gasteiger partial charge on any atom is 0.191 e. The van der Waals surface area contributed by atoms with Crippen molar-refractivity contribution in [3.8, 4) is 0 Å². The Kier molecular flexibility index (Phi) is 8.66. The van der Waals surface area contributed by atoms with Crippen LogP contribution in [0.1, 0.15) is 23.6 Å². The highest BCUT2D eigenvalue weighted by Gasteiger charge is 2.05. The van der Waals surface area contributed by atoms with Crippen molar-refractivity contribution < 1.29 is 4.39 Å². The molecule has 2 heterocycles. The van der Waals surface area contributed by atoms with E-state index in [4.69, 9.17) is 4.99 Å². The molecule has 0 fully saturated rings. The van der Waals surface area contributed by atoms with Crippen molar-refractivity contribution in [2.24, 2.45) is 4.99 Å². The number of aromatic nitrogens is 3. The summed E-state index contributed by atoms with van der Waals surface area (Å²) in [6.45, 7) is 4.97. The van der Waals surface area contributed by atoms with E-state index >= 15 is 0 Å². The molecule has 0 spiro atoms. The lowest BCUT2D eigenvalue weighted by atomic mass is 10.1. The molecule has 2 aromatic heterocycles. The van der Waals surface area contributed by atoms with Gasteiger partial charge in [-0.2, -0.15) is 0 Å². The normalized spacial score (nSPS) is 11.4.